The van der Waals surface area contributed by atoms with Gasteiger partial charge in [0.05, 0.1) is 11.5 Å². The normalized spacial score (nSPS) is 11.0. The monoisotopic (exact) mass is 554 g/mol. The van der Waals surface area contributed by atoms with Crippen molar-refractivity contribution in [3.63, 3.8) is 0 Å². The summed E-state index contributed by atoms with van der Waals surface area (Å²) in [6.07, 6.45) is 8.76. The number of hydrogen-bond donors (Lipinski definition) is 0. The Morgan fingerprint density at radius 2 is 1.23 bits per heavy atom. The third-order valence-corrected chi connectivity index (χ3v) is 6.09. The van der Waals surface area contributed by atoms with Gasteiger partial charge < -0.3 is 19.9 Å². The van der Waals surface area contributed by atoms with E-state index in [0.29, 0.717) is 11.3 Å². The molecule has 0 atom stereocenters. The van der Waals surface area contributed by atoms with Crippen molar-refractivity contribution in [2.24, 2.45) is 4.99 Å². The van der Waals surface area contributed by atoms with E-state index in [1.54, 1.807) is 31.0 Å². The first-order chi connectivity index (χ1) is 18.9. The van der Waals surface area contributed by atoms with Crippen LogP contribution in [0.5, 0.6) is 0 Å². The molecule has 7 rings (SSSR count). The molecule has 6 nitrogen and oxygen atoms in total. The van der Waals surface area contributed by atoms with Gasteiger partial charge in [-0.2, -0.15) is 0 Å². The maximum absolute atomic E-state index is 4.68. The summed E-state index contributed by atoms with van der Waals surface area (Å²) in [6.45, 7) is 0. The van der Waals surface area contributed by atoms with Gasteiger partial charge in [-0.1, -0.05) is 109 Å². The molecule has 182 valence electrons. The summed E-state index contributed by atoms with van der Waals surface area (Å²) < 4.78 is 0. The first kappa shape index (κ1) is 25.9. The van der Waals surface area contributed by atoms with E-state index >= 15 is 0 Å². The van der Waals surface area contributed by atoms with Gasteiger partial charge in [0.1, 0.15) is 0 Å². The number of benzene rings is 3. The number of rotatable bonds is 3. The predicted octanol–water partition coefficient (Wildman–Crippen LogP) is 6.34. The third kappa shape index (κ3) is 5.74. The van der Waals surface area contributed by atoms with Gasteiger partial charge in [-0.25, -0.2) is 0 Å². The van der Waals surface area contributed by atoms with E-state index in [2.05, 4.69) is 42.0 Å². The van der Waals surface area contributed by atoms with Gasteiger partial charge in [-0.05, 0) is 45.4 Å². The zero-order valence-corrected chi connectivity index (χ0v) is 24.1. The number of hydrogen-bond acceptors (Lipinski definition) is 4. The van der Waals surface area contributed by atoms with Gasteiger partial charge >= 0.3 is 19.5 Å². The molecule has 0 unspecified atom stereocenters. The van der Waals surface area contributed by atoms with Crippen molar-refractivity contribution in [2.45, 2.75) is 0 Å². The van der Waals surface area contributed by atoms with E-state index in [1.165, 1.54) is 0 Å². The van der Waals surface area contributed by atoms with Crippen LogP contribution in [0.2, 0.25) is 0 Å². The summed E-state index contributed by atoms with van der Waals surface area (Å²) in [7, 11) is 0. The van der Waals surface area contributed by atoms with Crippen LogP contribution in [0.15, 0.2) is 139 Å². The van der Waals surface area contributed by atoms with Gasteiger partial charge in [0, 0.05) is 23.3 Å². The van der Waals surface area contributed by atoms with Gasteiger partial charge in [0.15, 0.2) is 0 Å². The number of fused-ring (bicyclic) bond motifs is 2. The number of aromatic nitrogens is 5. The number of nitrogens with zero attached hydrogens (tertiary/aromatic N) is 6. The van der Waals surface area contributed by atoms with E-state index in [1.807, 2.05) is 91.0 Å². The van der Waals surface area contributed by atoms with Crippen molar-refractivity contribution in [3.05, 3.63) is 140 Å². The smallest absolute Gasteiger partial charge is 0.442 e. The summed E-state index contributed by atoms with van der Waals surface area (Å²) in [5.74, 6) is 1.45. The van der Waals surface area contributed by atoms with Crippen molar-refractivity contribution in [1.82, 2.24) is 24.9 Å². The average Bonchev–Trinajstić information content (AvgIpc) is 3.54. The van der Waals surface area contributed by atoms with Gasteiger partial charge in [0.2, 0.25) is 0 Å². The second-order valence-corrected chi connectivity index (χ2v) is 8.46. The molecule has 0 saturated heterocycles. The van der Waals surface area contributed by atoms with Gasteiger partial charge in [-0.3, -0.25) is 9.97 Å². The minimum Gasteiger partial charge on any atom is -0.442 e. The van der Waals surface area contributed by atoms with Crippen LogP contribution in [0.25, 0.3) is 44.2 Å². The standard InChI is InChI=1S/C18H12N3.C14H10N3.Zn/c1-3-7-15-13(5-1)9-11-19-17(15)21-18-16-8-4-2-6-14(16)10-12-20-18;1-2-6-12(14-16-9-10-17-14)11(5-1)13-7-3-4-8-15-13;/h1-12H;1-10H;/q2*-1;+2. The molecular weight excluding hydrogens is 534 g/mol. The second kappa shape index (κ2) is 12.2. The zero-order valence-electron chi connectivity index (χ0n) is 21.1. The first-order valence-electron chi connectivity index (χ1n) is 12.2. The molecule has 0 amide bonds. The Labute approximate surface area is 238 Å². The Morgan fingerprint density at radius 1 is 0.513 bits per heavy atom. The van der Waals surface area contributed by atoms with E-state index < -0.39 is 0 Å². The molecule has 0 N–H and O–H groups in total. The maximum atomic E-state index is 4.68. The van der Waals surface area contributed by atoms with E-state index in [-0.39, 0.29) is 19.5 Å². The molecule has 0 bridgehead atoms. The minimum absolute atomic E-state index is 0. The molecule has 0 saturated carbocycles. The van der Waals surface area contributed by atoms with Crippen molar-refractivity contribution in [3.8, 4) is 22.6 Å². The number of imidazole rings is 1. The molecule has 0 fully saturated rings. The third-order valence-electron chi connectivity index (χ3n) is 6.09. The van der Waals surface area contributed by atoms with Crippen LogP contribution in [0.1, 0.15) is 0 Å². The van der Waals surface area contributed by atoms with Crippen LogP contribution in [0.3, 0.4) is 0 Å². The molecule has 0 aliphatic rings. The van der Waals surface area contributed by atoms with E-state index in [9.17, 15) is 0 Å². The Balaban J connectivity index is 0.000000157. The van der Waals surface area contributed by atoms with Crippen LogP contribution in [-0.4, -0.2) is 15.0 Å². The summed E-state index contributed by atoms with van der Waals surface area (Å²) in [4.78, 5) is 26.3. The molecule has 7 aromatic rings. The predicted molar refractivity (Wildman–Crippen MR) is 150 cm³/mol. The van der Waals surface area contributed by atoms with E-state index in [0.717, 1.165) is 44.2 Å². The van der Waals surface area contributed by atoms with Gasteiger partial charge in [-0.15, -0.1) is 0 Å². The molecule has 7 heteroatoms. The van der Waals surface area contributed by atoms with Crippen molar-refractivity contribution in [2.75, 3.05) is 0 Å². The fraction of sp³-hybridized carbons (Fsp3) is 0. The topological polar surface area (TPSA) is 79.2 Å². The molecule has 0 radical (unpaired) electrons. The maximum Gasteiger partial charge on any atom is 2.00 e. The quantitative estimate of drug-likeness (QED) is 0.238. The Kier molecular flexibility index (Phi) is 8.10. The van der Waals surface area contributed by atoms with Crippen LogP contribution in [0, 0.1) is 0 Å². The second-order valence-electron chi connectivity index (χ2n) is 8.46. The van der Waals surface area contributed by atoms with Crippen LogP contribution >= 0.6 is 0 Å². The summed E-state index contributed by atoms with van der Waals surface area (Å²) >= 11 is 0. The zero-order chi connectivity index (χ0) is 25.6. The minimum atomic E-state index is 0. The van der Waals surface area contributed by atoms with Crippen LogP contribution in [-0.2, 0) is 19.5 Å². The van der Waals surface area contributed by atoms with Crippen LogP contribution in [0.4, 0.5) is 5.82 Å². The van der Waals surface area contributed by atoms with Crippen molar-refractivity contribution >= 4 is 27.4 Å². The molecule has 4 aromatic heterocycles. The molecular formula is C32H22N6Zn. The summed E-state index contributed by atoms with van der Waals surface area (Å²) in [5, 5.41) is 4.34. The van der Waals surface area contributed by atoms with Gasteiger partial charge in [0.25, 0.3) is 0 Å². The average molecular weight is 556 g/mol. The Morgan fingerprint density at radius 3 is 2.00 bits per heavy atom. The Hall–Kier alpha value is -4.74. The molecule has 0 spiro atoms. The first-order valence-corrected chi connectivity index (χ1v) is 12.2. The molecule has 3 aromatic carbocycles. The largest absolute Gasteiger partial charge is 2.00 e. The van der Waals surface area contributed by atoms with Crippen molar-refractivity contribution in [1.29, 1.82) is 0 Å². The summed E-state index contributed by atoms with van der Waals surface area (Å²) in [5.41, 5.74) is 3.71. The fourth-order valence-corrected chi connectivity index (χ4v) is 4.29. The fourth-order valence-electron chi connectivity index (χ4n) is 4.29. The SMILES string of the molecule is [Zn+2].c1ccc(-c2ccccc2-c2ncc[n-]2)nc1.c1ccc2c(N=c3[n-]ccc4ccccc34)nccc2c1. The Bertz CT molecular complexity index is 1870. The molecule has 0 aliphatic carbocycles. The molecule has 0 aliphatic heterocycles. The molecule has 39 heavy (non-hydrogen) atoms. The summed E-state index contributed by atoms with van der Waals surface area (Å²) in [6, 6.07) is 34.1. The molecule has 4 heterocycles. The van der Waals surface area contributed by atoms with Crippen LogP contribution < -0.4 is 15.5 Å². The van der Waals surface area contributed by atoms with E-state index in [4.69, 9.17) is 0 Å². The van der Waals surface area contributed by atoms with Crippen molar-refractivity contribution < 1.29 is 19.5 Å². The number of pyridine rings is 3.